The van der Waals surface area contributed by atoms with Crippen LogP contribution >= 0.6 is 0 Å². The van der Waals surface area contributed by atoms with Gasteiger partial charge < -0.3 is 9.42 Å². The molecule has 4 rings (SSSR count). The van der Waals surface area contributed by atoms with E-state index in [1.807, 2.05) is 0 Å². The number of likely N-dealkylation sites (tertiary alicyclic amines) is 1. The molecule has 0 aromatic carbocycles. The third-order valence-electron chi connectivity index (χ3n) is 6.82. The molecule has 0 unspecified atom stereocenters. The predicted octanol–water partition coefficient (Wildman–Crippen LogP) is 4.59. The fourth-order valence-corrected chi connectivity index (χ4v) is 5.15. The molecule has 1 saturated heterocycles. The molecule has 5 nitrogen and oxygen atoms in total. The Labute approximate surface area is 156 Å². The van der Waals surface area contributed by atoms with E-state index in [9.17, 15) is 4.79 Å². The summed E-state index contributed by atoms with van der Waals surface area (Å²) >= 11 is 0. The van der Waals surface area contributed by atoms with Crippen molar-refractivity contribution in [3.8, 4) is 0 Å². The number of carbonyl (C=O) groups excluding carboxylic acids is 1. The average molecular weight is 360 g/mol. The molecule has 2 heterocycles. The Hall–Kier alpha value is -1.23. The van der Waals surface area contributed by atoms with Crippen LogP contribution in [0.5, 0.6) is 0 Å². The maximum absolute atomic E-state index is 12.6. The van der Waals surface area contributed by atoms with E-state index in [1.54, 1.807) is 0 Å². The molecule has 1 aromatic heterocycles. The van der Waals surface area contributed by atoms with Crippen molar-refractivity contribution in [1.82, 2.24) is 15.0 Å². The highest BCUT2D eigenvalue weighted by molar-refractivity contribution is 5.94. The number of piperidine rings is 1. The molecule has 0 N–H and O–H groups in total. The average Bonchev–Trinajstić information content (AvgIpc) is 3.20. The lowest BCUT2D eigenvalue weighted by Gasteiger charge is -2.34. The molecule has 1 aromatic rings. The van der Waals surface area contributed by atoms with Crippen molar-refractivity contribution in [2.45, 2.75) is 83.0 Å². The van der Waals surface area contributed by atoms with Crippen LogP contribution in [0.15, 0.2) is 4.52 Å². The zero-order chi connectivity index (χ0) is 17.8. The first kappa shape index (κ1) is 18.1. The van der Waals surface area contributed by atoms with E-state index in [4.69, 9.17) is 4.52 Å². The molecule has 1 aliphatic heterocycles. The molecule has 2 aliphatic carbocycles. The number of aromatic nitrogens is 2. The fraction of sp³-hybridized carbons (Fsp3) is 0.857. The molecule has 26 heavy (non-hydrogen) atoms. The minimum atomic E-state index is 0.106. The molecule has 0 amide bonds. The normalized spacial score (nSPS) is 24.8. The van der Waals surface area contributed by atoms with E-state index in [2.05, 4.69) is 15.0 Å². The van der Waals surface area contributed by atoms with E-state index >= 15 is 0 Å². The van der Waals surface area contributed by atoms with Gasteiger partial charge in [0.25, 0.3) is 0 Å². The fourth-order valence-electron chi connectivity index (χ4n) is 5.15. The van der Waals surface area contributed by atoms with Crippen molar-refractivity contribution in [1.29, 1.82) is 0 Å². The van der Waals surface area contributed by atoms with Crippen LogP contribution in [0.2, 0.25) is 0 Å². The maximum atomic E-state index is 12.6. The quantitative estimate of drug-likeness (QED) is 0.720. The summed E-state index contributed by atoms with van der Waals surface area (Å²) in [6.07, 6.45) is 14.8. The number of ketones is 1. The second-order valence-corrected chi connectivity index (χ2v) is 8.73. The smallest absolute Gasteiger partial charge is 0.238 e. The third-order valence-corrected chi connectivity index (χ3v) is 6.82. The van der Waals surface area contributed by atoms with Gasteiger partial charge in [-0.15, -0.1) is 0 Å². The predicted molar refractivity (Wildman–Crippen MR) is 100 cm³/mol. The van der Waals surface area contributed by atoms with Crippen LogP contribution in [0.3, 0.4) is 0 Å². The van der Waals surface area contributed by atoms with Crippen LogP contribution in [0.25, 0.3) is 0 Å². The summed E-state index contributed by atoms with van der Waals surface area (Å²) in [6.45, 7) is 3.51. The number of nitrogens with zero attached hydrogens (tertiary/aromatic N) is 3. The molecule has 2 saturated carbocycles. The van der Waals surface area contributed by atoms with Crippen molar-refractivity contribution >= 4 is 5.78 Å². The number of hydrogen-bond acceptors (Lipinski definition) is 5. The topological polar surface area (TPSA) is 59.2 Å². The zero-order valence-corrected chi connectivity index (χ0v) is 16.0. The third kappa shape index (κ3) is 4.36. The molecule has 0 radical (unpaired) electrons. The van der Waals surface area contributed by atoms with E-state index < -0.39 is 0 Å². The second kappa shape index (κ2) is 8.64. The SMILES string of the molecule is O=C(c1noc(C2CCN(CC3CCCCC3)CC2)n1)C1CCCCC1. The summed E-state index contributed by atoms with van der Waals surface area (Å²) in [5.74, 6) is 2.49. The van der Waals surface area contributed by atoms with Crippen molar-refractivity contribution in [3.63, 3.8) is 0 Å². The van der Waals surface area contributed by atoms with E-state index in [0.29, 0.717) is 17.6 Å². The van der Waals surface area contributed by atoms with E-state index in [1.165, 1.54) is 45.1 Å². The Morgan fingerprint density at radius 2 is 1.58 bits per heavy atom. The zero-order valence-electron chi connectivity index (χ0n) is 16.0. The summed E-state index contributed by atoms with van der Waals surface area (Å²) in [5.41, 5.74) is 0. The first-order chi connectivity index (χ1) is 12.8. The standard InChI is InChI=1S/C21H33N3O2/c25-19(17-9-5-2-6-10-17)20-22-21(26-23-20)18-11-13-24(14-12-18)15-16-7-3-1-4-8-16/h16-18H,1-15H2. The van der Waals surface area contributed by atoms with Gasteiger partial charge in [0.1, 0.15) is 0 Å². The first-order valence-electron chi connectivity index (χ1n) is 10.9. The van der Waals surface area contributed by atoms with Crippen LogP contribution < -0.4 is 0 Å². The van der Waals surface area contributed by atoms with Crippen LogP contribution in [-0.2, 0) is 0 Å². The highest BCUT2D eigenvalue weighted by atomic mass is 16.5. The van der Waals surface area contributed by atoms with Gasteiger partial charge in [0.05, 0.1) is 0 Å². The lowest BCUT2D eigenvalue weighted by molar-refractivity contribution is 0.0875. The Morgan fingerprint density at radius 3 is 2.27 bits per heavy atom. The van der Waals surface area contributed by atoms with Crippen LogP contribution in [0.4, 0.5) is 0 Å². The highest BCUT2D eigenvalue weighted by Gasteiger charge is 2.30. The van der Waals surface area contributed by atoms with Gasteiger partial charge in [-0.2, -0.15) is 4.98 Å². The van der Waals surface area contributed by atoms with Gasteiger partial charge in [0, 0.05) is 18.4 Å². The molecule has 3 aliphatic rings. The van der Waals surface area contributed by atoms with Crippen molar-refractivity contribution in [2.75, 3.05) is 19.6 Å². The number of rotatable bonds is 5. The van der Waals surface area contributed by atoms with Gasteiger partial charge in [0.2, 0.25) is 17.5 Å². The van der Waals surface area contributed by atoms with Gasteiger partial charge in [-0.1, -0.05) is 43.7 Å². The Kier molecular flexibility index (Phi) is 6.03. The molecule has 144 valence electrons. The number of carbonyl (C=O) groups is 1. The minimum absolute atomic E-state index is 0.106. The molecular weight excluding hydrogens is 326 g/mol. The van der Waals surface area contributed by atoms with Gasteiger partial charge in [-0.05, 0) is 57.5 Å². The summed E-state index contributed by atoms with van der Waals surface area (Å²) in [6, 6.07) is 0. The van der Waals surface area contributed by atoms with E-state index in [-0.39, 0.29) is 11.7 Å². The van der Waals surface area contributed by atoms with Gasteiger partial charge >= 0.3 is 0 Å². The summed E-state index contributed by atoms with van der Waals surface area (Å²) in [5, 5.41) is 4.03. The van der Waals surface area contributed by atoms with Crippen LogP contribution in [0.1, 0.15) is 99.5 Å². The Morgan fingerprint density at radius 1 is 0.923 bits per heavy atom. The molecular formula is C21H33N3O2. The molecule has 3 fully saturated rings. The lowest BCUT2D eigenvalue weighted by atomic mass is 9.86. The molecule has 0 bridgehead atoms. The lowest BCUT2D eigenvalue weighted by Crippen LogP contribution is -2.37. The van der Waals surface area contributed by atoms with Gasteiger partial charge in [-0.3, -0.25) is 4.79 Å². The molecule has 0 atom stereocenters. The minimum Gasteiger partial charge on any atom is -0.339 e. The number of Topliss-reactive ketones (excluding diaryl/α,β-unsaturated/α-hetero) is 1. The van der Waals surface area contributed by atoms with Crippen molar-refractivity contribution < 1.29 is 9.32 Å². The van der Waals surface area contributed by atoms with Crippen molar-refractivity contribution in [3.05, 3.63) is 11.7 Å². The Balaban J connectivity index is 1.28. The van der Waals surface area contributed by atoms with E-state index in [0.717, 1.165) is 57.5 Å². The van der Waals surface area contributed by atoms with Crippen LogP contribution in [0, 0.1) is 11.8 Å². The Bertz CT molecular complexity index is 580. The molecule has 0 spiro atoms. The number of hydrogen-bond donors (Lipinski definition) is 0. The largest absolute Gasteiger partial charge is 0.339 e. The molecule has 5 heteroatoms. The highest BCUT2D eigenvalue weighted by Crippen LogP contribution is 2.31. The summed E-state index contributed by atoms with van der Waals surface area (Å²) in [4.78, 5) is 19.7. The monoisotopic (exact) mass is 359 g/mol. The summed E-state index contributed by atoms with van der Waals surface area (Å²) < 4.78 is 5.50. The maximum Gasteiger partial charge on any atom is 0.238 e. The first-order valence-corrected chi connectivity index (χ1v) is 10.9. The summed E-state index contributed by atoms with van der Waals surface area (Å²) in [7, 11) is 0. The van der Waals surface area contributed by atoms with Gasteiger partial charge in [0.15, 0.2) is 0 Å². The van der Waals surface area contributed by atoms with Crippen LogP contribution in [-0.4, -0.2) is 40.5 Å². The van der Waals surface area contributed by atoms with Gasteiger partial charge in [-0.25, -0.2) is 0 Å². The second-order valence-electron chi connectivity index (χ2n) is 8.73. The van der Waals surface area contributed by atoms with Crippen molar-refractivity contribution in [2.24, 2.45) is 11.8 Å².